The van der Waals surface area contributed by atoms with Crippen LogP contribution < -0.4 is 0 Å². The van der Waals surface area contributed by atoms with Crippen molar-refractivity contribution in [2.24, 2.45) is 5.92 Å². The van der Waals surface area contributed by atoms with Crippen LogP contribution in [-0.2, 0) is 4.79 Å². The van der Waals surface area contributed by atoms with Crippen molar-refractivity contribution < 1.29 is 14.7 Å². The molecule has 0 unspecified atom stereocenters. The molecule has 0 heterocycles. The van der Waals surface area contributed by atoms with E-state index in [1.54, 1.807) is 11.0 Å². The highest BCUT2D eigenvalue weighted by Crippen LogP contribution is 2.12. The van der Waals surface area contributed by atoms with Crippen molar-refractivity contribution >= 4 is 11.9 Å². The van der Waals surface area contributed by atoms with Gasteiger partial charge in [0.1, 0.15) is 0 Å². The zero-order valence-electron chi connectivity index (χ0n) is 11.7. The summed E-state index contributed by atoms with van der Waals surface area (Å²) in [6.07, 6.45) is -0.0235. The van der Waals surface area contributed by atoms with Gasteiger partial charge in [0.25, 0.3) is 5.91 Å². The van der Waals surface area contributed by atoms with E-state index in [0.717, 1.165) is 5.56 Å². The van der Waals surface area contributed by atoms with Crippen LogP contribution in [-0.4, -0.2) is 35.0 Å². The first-order chi connectivity index (χ1) is 8.91. The highest BCUT2D eigenvalue weighted by atomic mass is 16.4. The van der Waals surface area contributed by atoms with Gasteiger partial charge < -0.3 is 10.0 Å². The minimum absolute atomic E-state index is 0.0235. The molecule has 0 atom stereocenters. The van der Waals surface area contributed by atoms with Crippen molar-refractivity contribution in [2.45, 2.75) is 27.2 Å². The fourth-order valence-electron chi connectivity index (χ4n) is 1.93. The van der Waals surface area contributed by atoms with E-state index in [2.05, 4.69) is 0 Å². The summed E-state index contributed by atoms with van der Waals surface area (Å²) < 4.78 is 0. The van der Waals surface area contributed by atoms with Gasteiger partial charge in [-0.15, -0.1) is 0 Å². The zero-order valence-corrected chi connectivity index (χ0v) is 11.7. The molecule has 0 bridgehead atoms. The van der Waals surface area contributed by atoms with E-state index in [1.807, 2.05) is 39.0 Å². The maximum atomic E-state index is 12.4. The molecule has 0 fully saturated rings. The summed E-state index contributed by atoms with van der Waals surface area (Å²) >= 11 is 0. The molecule has 104 valence electrons. The number of carbonyl (C=O) groups excluding carboxylic acids is 1. The summed E-state index contributed by atoms with van der Waals surface area (Å²) in [5.41, 5.74) is 1.56. The number of hydrogen-bond donors (Lipinski definition) is 1. The van der Waals surface area contributed by atoms with Gasteiger partial charge in [-0.1, -0.05) is 32.0 Å². The Labute approximate surface area is 114 Å². The van der Waals surface area contributed by atoms with Gasteiger partial charge in [-0.05, 0) is 24.5 Å². The molecule has 1 amide bonds. The Morgan fingerprint density at radius 2 is 1.89 bits per heavy atom. The summed E-state index contributed by atoms with van der Waals surface area (Å²) in [6, 6.07) is 7.38. The quantitative estimate of drug-likeness (QED) is 0.858. The van der Waals surface area contributed by atoms with Crippen LogP contribution in [0.15, 0.2) is 24.3 Å². The van der Waals surface area contributed by atoms with E-state index in [-0.39, 0.29) is 18.9 Å². The van der Waals surface area contributed by atoms with E-state index >= 15 is 0 Å². The minimum Gasteiger partial charge on any atom is -0.481 e. The molecule has 4 nitrogen and oxygen atoms in total. The van der Waals surface area contributed by atoms with Crippen molar-refractivity contribution in [3.05, 3.63) is 35.4 Å². The van der Waals surface area contributed by atoms with Crippen molar-refractivity contribution in [1.82, 2.24) is 4.90 Å². The lowest BCUT2D eigenvalue weighted by Crippen LogP contribution is -2.36. The summed E-state index contributed by atoms with van der Waals surface area (Å²) in [5.74, 6) is -0.666. The van der Waals surface area contributed by atoms with Crippen LogP contribution in [0, 0.1) is 12.8 Å². The maximum Gasteiger partial charge on any atom is 0.305 e. The number of amides is 1. The second-order valence-electron chi connectivity index (χ2n) is 5.10. The highest BCUT2D eigenvalue weighted by Gasteiger charge is 2.18. The number of carboxylic acids is 1. The Hall–Kier alpha value is -1.84. The largest absolute Gasteiger partial charge is 0.481 e. The molecular formula is C15H21NO3. The fourth-order valence-corrected chi connectivity index (χ4v) is 1.93. The molecule has 1 rings (SSSR count). The zero-order chi connectivity index (χ0) is 14.4. The van der Waals surface area contributed by atoms with Crippen LogP contribution in [0.25, 0.3) is 0 Å². The van der Waals surface area contributed by atoms with Crippen LogP contribution in [0.1, 0.15) is 36.2 Å². The second kappa shape index (κ2) is 6.92. The predicted octanol–water partition coefficient (Wildman–Crippen LogP) is 2.57. The molecule has 1 N–H and O–H groups in total. The van der Waals surface area contributed by atoms with E-state index in [9.17, 15) is 9.59 Å². The molecule has 0 aromatic heterocycles. The third kappa shape index (κ3) is 4.73. The normalized spacial score (nSPS) is 10.5. The Kier molecular flexibility index (Phi) is 5.55. The van der Waals surface area contributed by atoms with Gasteiger partial charge in [0.15, 0.2) is 0 Å². The molecule has 0 aliphatic heterocycles. The third-order valence-corrected chi connectivity index (χ3v) is 2.84. The van der Waals surface area contributed by atoms with Crippen molar-refractivity contribution in [3.63, 3.8) is 0 Å². The van der Waals surface area contributed by atoms with Gasteiger partial charge in [-0.2, -0.15) is 0 Å². The van der Waals surface area contributed by atoms with Crippen LogP contribution >= 0.6 is 0 Å². The van der Waals surface area contributed by atoms with E-state index in [0.29, 0.717) is 18.0 Å². The Balaban J connectivity index is 2.87. The molecule has 0 saturated heterocycles. The predicted molar refractivity (Wildman–Crippen MR) is 74.2 cm³/mol. The smallest absolute Gasteiger partial charge is 0.305 e. The number of aliphatic carboxylic acids is 1. The van der Waals surface area contributed by atoms with Gasteiger partial charge in [0.2, 0.25) is 0 Å². The van der Waals surface area contributed by atoms with Crippen LogP contribution in [0.4, 0.5) is 0 Å². The van der Waals surface area contributed by atoms with Crippen molar-refractivity contribution in [3.8, 4) is 0 Å². The molecule has 0 spiro atoms. The first kappa shape index (κ1) is 15.2. The second-order valence-corrected chi connectivity index (χ2v) is 5.10. The molecule has 0 aliphatic carbocycles. The van der Waals surface area contributed by atoms with Crippen molar-refractivity contribution in [2.75, 3.05) is 13.1 Å². The van der Waals surface area contributed by atoms with Crippen LogP contribution in [0.3, 0.4) is 0 Å². The standard InChI is InChI=1S/C15H21NO3/c1-11(2)10-16(9-8-14(17)18)15(19)13-7-5-4-6-12(13)3/h4-7,11H,8-10H2,1-3H3,(H,17,18). The number of carboxylic acid groups (broad SMARTS) is 1. The maximum absolute atomic E-state index is 12.4. The average Bonchev–Trinajstić information content (AvgIpc) is 2.33. The average molecular weight is 263 g/mol. The first-order valence-electron chi connectivity index (χ1n) is 6.48. The Morgan fingerprint density at radius 3 is 2.42 bits per heavy atom. The lowest BCUT2D eigenvalue weighted by molar-refractivity contribution is -0.137. The van der Waals surface area contributed by atoms with Gasteiger partial charge >= 0.3 is 5.97 Å². The molecule has 0 aliphatic rings. The van der Waals surface area contributed by atoms with Gasteiger partial charge in [0.05, 0.1) is 6.42 Å². The summed E-state index contributed by atoms with van der Waals surface area (Å²) in [6.45, 7) is 6.73. The number of carbonyl (C=O) groups is 2. The number of aryl methyl sites for hydroxylation is 1. The SMILES string of the molecule is Cc1ccccc1C(=O)N(CCC(=O)O)CC(C)C. The van der Waals surface area contributed by atoms with Crippen LogP contribution in [0.2, 0.25) is 0 Å². The van der Waals surface area contributed by atoms with E-state index in [1.165, 1.54) is 0 Å². The first-order valence-corrected chi connectivity index (χ1v) is 6.48. The lowest BCUT2D eigenvalue weighted by Gasteiger charge is -2.24. The molecule has 0 saturated carbocycles. The topological polar surface area (TPSA) is 57.6 Å². The van der Waals surface area contributed by atoms with Crippen LogP contribution in [0.5, 0.6) is 0 Å². The lowest BCUT2D eigenvalue weighted by atomic mass is 10.1. The Bertz CT molecular complexity index is 454. The summed E-state index contributed by atoms with van der Waals surface area (Å²) in [7, 11) is 0. The molecule has 0 radical (unpaired) electrons. The van der Waals surface area contributed by atoms with Crippen molar-refractivity contribution in [1.29, 1.82) is 0 Å². The van der Waals surface area contributed by atoms with E-state index < -0.39 is 5.97 Å². The monoisotopic (exact) mass is 263 g/mol. The van der Waals surface area contributed by atoms with Gasteiger partial charge in [-0.25, -0.2) is 0 Å². The third-order valence-electron chi connectivity index (χ3n) is 2.84. The van der Waals surface area contributed by atoms with E-state index in [4.69, 9.17) is 5.11 Å². The number of nitrogens with zero attached hydrogens (tertiary/aromatic N) is 1. The summed E-state index contributed by atoms with van der Waals surface area (Å²) in [4.78, 5) is 24.8. The summed E-state index contributed by atoms with van der Waals surface area (Å²) in [5, 5.41) is 8.77. The molecule has 1 aromatic rings. The molecule has 19 heavy (non-hydrogen) atoms. The molecular weight excluding hydrogens is 242 g/mol. The minimum atomic E-state index is -0.883. The highest BCUT2D eigenvalue weighted by molar-refractivity contribution is 5.95. The number of benzene rings is 1. The fraction of sp³-hybridized carbons (Fsp3) is 0.467. The molecule has 4 heteroatoms. The molecule has 1 aromatic carbocycles. The number of rotatable bonds is 6. The van der Waals surface area contributed by atoms with Gasteiger partial charge in [0, 0.05) is 18.7 Å². The van der Waals surface area contributed by atoms with Gasteiger partial charge in [-0.3, -0.25) is 9.59 Å². The Morgan fingerprint density at radius 1 is 1.26 bits per heavy atom. The number of hydrogen-bond acceptors (Lipinski definition) is 2.